The first-order chi connectivity index (χ1) is 15.0. The van der Waals surface area contributed by atoms with Crippen LogP contribution in [0.25, 0.3) is 37.2 Å². The SMILES string of the molecule is CC(C)c1cc2c(sc3cnccc32)c(C(C)C)c1-n1cc[n+]2c1-c1ccccc1C2. The molecule has 0 spiro atoms. The van der Waals surface area contributed by atoms with Gasteiger partial charge in [-0.25, -0.2) is 4.57 Å². The summed E-state index contributed by atoms with van der Waals surface area (Å²) in [6, 6.07) is 13.4. The summed E-state index contributed by atoms with van der Waals surface area (Å²) in [5.41, 5.74) is 6.97. The highest BCUT2D eigenvalue weighted by Gasteiger charge is 2.33. The highest BCUT2D eigenvalue weighted by Crippen LogP contribution is 2.45. The average molecular weight is 425 g/mol. The lowest BCUT2D eigenvalue weighted by atomic mass is 9.90. The summed E-state index contributed by atoms with van der Waals surface area (Å²) >= 11 is 1.88. The minimum Gasteiger partial charge on any atom is -0.263 e. The van der Waals surface area contributed by atoms with E-state index in [4.69, 9.17) is 0 Å². The van der Waals surface area contributed by atoms with Crippen LogP contribution in [0.15, 0.2) is 61.2 Å². The standard InChI is InChI=1S/C27H26N3S/c1-16(2)21-13-22-20-9-10-28-14-23(20)31-26(22)24(17(3)4)25(21)30-12-11-29-15-18-7-5-6-8-19(18)27(29)30/h5-14,16-17H,15H2,1-4H3/q+1. The summed E-state index contributed by atoms with van der Waals surface area (Å²) < 4.78 is 7.51. The van der Waals surface area contributed by atoms with Gasteiger partial charge in [0, 0.05) is 44.6 Å². The maximum Gasteiger partial charge on any atom is 0.294 e. The van der Waals surface area contributed by atoms with E-state index in [1.165, 1.54) is 53.9 Å². The van der Waals surface area contributed by atoms with Crippen LogP contribution in [0.3, 0.4) is 0 Å². The van der Waals surface area contributed by atoms with Gasteiger partial charge in [-0.3, -0.25) is 4.98 Å². The van der Waals surface area contributed by atoms with Crippen LogP contribution in [0, 0.1) is 0 Å². The predicted molar refractivity (Wildman–Crippen MR) is 129 cm³/mol. The fourth-order valence-electron chi connectivity index (χ4n) is 5.12. The molecular formula is C27H26N3S+. The molecule has 0 bridgehead atoms. The Kier molecular flexibility index (Phi) is 4.09. The lowest BCUT2D eigenvalue weighted by Crippen LogP contribution is -2.30. The summed E-state index contributed by atoms with van der Waals surface area (Å²) in [4.78, 5) is 4.39. The molecule has 0 N–H and O–H groups in total. The van der Waals surface area contributed by atoms with Crippen LogP contribution in [-0.2, 0) is 6.54 Å². The molecule has 0 aliphatic carbocycles. The van der Waals surface area contributed by atoms with E-state index in [1.807, 2.05) is 23.7 Å². The number of nitrogens with zero attached hydrogens (tertiary/aromatic N) is 3. The molecule has 154 valence electrons. The maximum atomic E-state index is 4.39. The second-order valence-corrected chi connectivity index (χ2v) is 10.2. The lowest BCUT2D eigenvalue weighted by molar-refractivity contribution is -0.671. The average Bonchev–Trinajstić information content (AvgIpc) is 3.43. The first-order valence-corrected chi connectivity index (χ1v) is 11.9. The number of pyridine rings is 1. The second-order valence-electron chi connectivity index (χ2n) is 9.16. The van der Waals surface area contributed by atoms with Crippen LogP contribution in [0.5, 0.6) is 0 Å². The zero-order valence-electron chi connectivity index (χ0n) is 18.4. The number of rotatable bonds is 3. The van der Waals surface area contributed by atoms with E-state index in [1.54, 1.807) is 0 Å². The lowest BCUT2D eigenvalue weighted by Gasteiger charge is -2.19. The van der Waals surface area contributed by atoms with Crippen molar-refractivity contribution in [1.82, 2.24) is 9.55 Å². The maximum absolute atomic E-state index is 4.39. The molecule has 3 nitrogen and oxygen atoms in total. The van der Waals surface area contributed by atoms with E-state index in [0.29, 0.717) is 11.8 Å². The number of hydrogen-bond donors (Lipinski definition) is 0. The molecule has 2 aromatic carbocycles. The number of imidazole rings is 1. The van der Waals surface area contributed by atoms with Crippen LogP contribution in [0.1, 0.15) is 56.2 Å². The van der Waals surface area contributed by atoms with E-state index in [9.17, 15) is 0 Å². The quantitative estimate of drug-likeness (QED) is 0.286. The molecule has 0 amide bonds. The Hall–Kier alpha value is -2.98. The third-order valence-corrected chi connectivity index (χ3v) is 7.73. The van der Waals surface area contributed by atoms with Gasteiger partial charge in [0.15, 0.2) is 0 Å². The van der Waals surface area contributed by atoms with Gasteiger partial charge >= 0.3 is 0 Å². The third-order valence-electron chi connectivity index (χ3n) is 6.54. The Balaban J connectivity index is 1.75. The molecule has 31 heavy (non-hydrogen) atoms. The molecule has 0 atom stereocenters. The van der Waals surface area contributed by atoms with Gasteiger partial charge in [0.2, 0.25) is 0 Å². The van der Waals surface area contributed by atoms with Gasteiger partial charge in [-0.15, -0.1) is 11.3 Å². The molecule has 1 aliphatic rings. The van der Waals surface area contributed by atoms with Crippen LogP contribution in [0.2, 0.25) is 0 Å². The smallest absolute Gasteiger partial charge is 0.263 e. The van der Waals surface area contributed by atoms with Crippen molar-refractivity contribution in [3.8, 4) is 17.1 Å². The summed E-state index contributed by atoms with van der Waals surface area (Å²) in [6.45, 7) is 10.2. The predicted octanol–water partition coefficient (Wildman–Crippen LogP) is 6.80. The molecule has 0 unspecified atom stereocenters. The van der Waals surface area contributed by atoms with Crippen molar-refractivity contribution in [2.75, 3.05) is 0 Å². The number of benzene rings is 2. The van der Waals surface area contributed by atoms with Crippen molar-refractivity contribution in [1.29, 1.82) is 0 Å². The number of thiophene rings is 1. The molecule has 1 aliphatic heterocycles. The Morgan fingerprint density at radius 3 is 2.68 bits per heavy atom. The molecule has 5 aromatic rings. The Labute approximate surface area is 186 Å². The van der Waals surface area contributed by atoms with Gasteiger partial charge in [-0.2, -0.15) is 4.57 Å². The first kappa shape index (κ1) is 18.8. The van der Waals surface area contributed by atoms with E-state index in [-0.39, 0.29) is 0 Å². The highest BCUT2D eigenvalue weighted by atomic mass is 32.1. The van der Waals surface area contributed by atoms with Crippen molar-refractivity contribution in [2.45, 2.75) is 46.1 Å². The van der Waals surface area contributed by atoms with Crippen molar-refractivity contribution in [2.24, 2.45) is 0 Å². The minimum atomic E-state index is 0.414. The van der Waals surface area contributed by atoms with Gasteiger partial charge in [-0.1, -0.05) is 45.9 Å². The fourth-order valence-corrected chi connectivity index (χ4v) is 6.47. The minimum absolute atomic E-state index is 0.414. The second kappa shape index (κ2) is 6.76. The summed E-state index contributed by atoms with van der Waals surface area (Å²) in [5.74, 6) is 2.13. The number of hydrogen-bond acceptors (Lipinski definition) is 2. The molecule has 4 heterocycles. The number of aromatic nitrogens is 3. The topological polar surface area (TPSA) is 21.7 Å². The summed E-state index contributed by atoms with van der Waals surface area (Å²) in [7, 11) is 0. The van der Waals surface area contributed by atoms with Gasteiger partial charge < -0.3 is 0 Å². The molecular weight excluding hydrogens is 398 g/mol. The van der Waals surface area contributed by atoms with E-state index < -0.39 is 0 Å². The van der Waals surface area contributed by atoms with Crippen LogP contribution in [-0.4, -0.2) is 9.55 Å². The van der Waals surface area contributed by atoms with E-state index in [2.05, 4.69) is 90.6 Å². The zero-order valence-corrected chi connectivity index (χ0v) is 19.2. The Morgan fingerprint density at radius 2 is 1.87 bits per heavy atom. The first-order valence-electron chi connectivity index (χ1n) is 11.1. The fraction of sp³-hybridized carbons (Fsp3) is 0.259. The van der Waals surface area contributed by atoms with Crippen LogP contribution < -0.4 is 4.57 Å². The number of fused-ring (bicyclic) bond motifs is 6. The van der Waals surface area contributed by atoms with Gasteiger partial charge in [0.05, 0.1) is 10.3 Å². The molecule has 0 radical (unpaired) electrons. The van der Waals surface area contributed by atoms with Gasteiger partial charge in [-0.05, 0) is 30.0 Å². The zero-order chi connectivity index (χ0) is 21.3. The van der Waals surface area contributed by atoms with Gasteiger partial charge in [0.1, 0.15) is 24.6 Å². The Bertz CT molecular complexity index is 1470. The highest BCUT2D eigenvalue weighted by molar-refractivity contribution is 7.26. The summed E-state index contributed by atoms with van der Waals surface area (Å²) in [6.07, 6.45) is 8.43. The monoisotopic (exact) mass is 424 g/mol. The largest absolute Gasteiger partial charge is 0.294 e. The third kappa shape index (κ3) is 2.64. The summed E-state index contributed by atoms with van der Waals surface area (Å²) in [5, 5.41) is 2.69. The molecule has 0 saturated heterocycles. The Morgan fingerprint density at radius 1 is 1.03 bits per heavy atom. The van der Waals surface area contributed by atoms with Crippen molar-refractivity contribution in [3.05, 3.63) is 77.9 Å². The van der Waals surface area contributed by atoms with Crippen LogP contribution in [0.4, 0.5) is 0 Å². The van der Waals surface area contributed by atoms with Gasteiger partial charge in [0.25, 0.3) is 5.82 Å². The molecule has 6 rings (SSSR count). The molecule has 4 heteroatoms. The van der Waals surface area contributed by atoms with Crippen molar-refractivity contribution >= 4 is 31.5 Å². The van der Waals surface area contributed by atoms with Crippen molar-refractivity contribution < 1.29 is 4.57 Å². The van der Waals surface area contributed by atoms with Crippen molar-refractivity contribution in [3.63, 3.8) is 0 Å². The molecule has 0 fully saturated rings. The van der Waals surface area contributed by atoms with E-state index in [0.717, 1.165) is 6.54 Å². The molecule has 0 saturated carbocycles. The van der Waals surface area contributed by atoms with Crippen LogP contribution >= 0.6 is 11.3 Å². The van der Waals surface area contributed by atoms with E-state index >= 15 is 0 Å². The molecule has 3 aromatic heterocycles. The normalized spacial score (nSPS) is 13.0.